The largest absolute Gasteiger partial charge is 0.496 e. The second-order valence-electron chi connectivity index (χ2n) is 4.11. The number of ketones is 1. The van der Waals surface area contributed by atoms with Crippen molar-refractivity contribution in [3.05, 3.63) is 23.8 Å². The third-order valence-corrected chi connectivity index (χ3v) is 3.05. The predicted molar refractivity (Wildman–Crippen MR) is 69.4 cm³/mol. The van der Waals surface area contributed by atoms with Gasteiger partial charge in [0.25, 0.3) is 0 Å². The molecule has 0 aromatic heterocycles. The summed E-state index contributed by atoms with van der Waals surface area (Å²) >= 11 is 0. The Hall–Kier alpha value is -1.59. The van der Waals surface area contributed by atoms with Crippen molar-refractivity contribution in [3.8, 4) is 5.75 Å². The van der Waals surface area contributed by atoms with Crippen molar-refractivity contribution in [3.63, 3.8) is 0 Å². The Morgan fingerprint density at radius 3 is 2.78 bits per heavy atom. The van der Waals surface area contributed by atoms with Crippen LogP contribution < -0.4 is 15.4 Å². The molecular formula is C13H18N2O3. The zero-order valence-corrected chi connectivity index (χ0v) is 10.5. The predicted octanol–water partition coefficient (Wildman–Crippen LogP) is 0.673. The smallest absolute Gasteiger partial charge is 0.180 e. The van der Waals surface area contributed by atoms with Crippen LogP contribution in [0.3, 0.4) is 0 Å². The van der Waals surface area contributed by atoms with Gasteiger partial charge in [-0.05, 0) is 18.2 Å². The number of Topliss-reactive ketones (excluding diaryl/α,β-unsaturated/α-hetero) is 1. The number of rotatable bonds is 4. The zero-order chi connectivity index (χ0) is 13.0. The van der Waals surface area contributed by atoms with Crippen molar-refractivity contribution in [1.29, 1.82) is 0 Å². The highest BCUT2D eigenvalue weighted by atomic mass is 16.5. The molecule has 1 aromatic rings. The fourth-order valence-corrected chi connectivity index (χ4v) is 2.04. The summed E-state index contributed by atoms with van der Waals surface area (Å²) in [6.45, 7) is 3.09. The van der Waals surface area contributed by atoms with Gasteiger partial charge in [0, 0.05) is 18.8 Å². The summed E-state index contributed by atoms with van der Waals surface area (Å²) in [6.07, 6.45) is 0. The van der Waals surface area contributed by atoms with Gasteiger partial charge in [-0.1, -0.05) is 0 Å². The van der Waals surface area contributed by atoms with Gasteiger partial charge in [-0.25, -0.2) is 0 Å². The Morgan fingerprint density at radius 1 is 1.44 bits per heavy atom. The average molecular weight is 250 g/mol. The zero-order valence-electron chi connectivity index (χ0n) is 10.5. The number of hydrogen-bond acceptors (Lipinski definition) is 5. The van der Waals surface area contributed by atoms with Crippen molar-refractivity contribution in [2.24, 2.45) is 5.73 Å². The highest BCUT2D eigenvalue weighted by molar-refractivity contribution is 6.00. The van der Waals surface area contributed by atoms with Gasteiger partial charge in [-0.3, -0.25) is 4.79 Å². The van der Waals surface area contributed by atoms with E-state index in [1.54, 1.807) is 7.11 Å². The maximum atomic E-state index is 11.8. The van der Waals surface area contributed by atoms with E-state index in [0.29, 0.717) is 24.5 Å². The Morgan fingerprint density at radius 2 is 2.17 bits per heavy atom. The van der Waals surface area contributed by atoms with E-state index < -0.39 is 0 Å². The lowest BCUT2D eigenvalue weighted by molar-refractivity contribution is 0.0998. The minimum Gasteiger partial charge on any atom is -0.496 e. The Kier molecular flexibility index (Phi) is 4.17. The number of nitrogens with two attached hydrogens (primary N) is 1. The van der Waals surface area contributed by atoms with Gasteiger partial charge >= 0.3 is 0 Å². The number of carbonyl (C=O) groups excluding carboxylic acids is 1. The van der Waals surface area contributed by atoms with Gasteiger partial charge in [-0.15, -0.1) is 0 Å². The first-order valence-corrected chi connectivity index (χ1v) is 6.00. The molecule has 1 aliphatic heterocycles. The third-order valence-electron chi connectivity index (χ3n) is 3.05. The summed E-state index contributed by atoms with van der Waals surface area (Å²) in [6, 6.07) is 5.62. The molecule has 0 bridgehead atoms. The van der Waals surface area contributed by atoms with E-state index in [-0.39, 0.29) is 12.3 Å². The van der Waals surface area contributed by atoms with Crippen LogP contribution in [0, 0.1) is 0 Å². The second kappa shape index (κ2) is 5.84. The van der Waals surface area contributed by atoms with Crippen molar-refractivity contribution in [2.75, 3.05) is 44.9 Å². The molecule has 18 heavy (non-hydrogen) atoms. The van der Waals surface area contributed by atoms with Crippen LogP contribution in [0.4, 0.5) is 5.69 Å². The molecule has 0 saturated carbocycles. The van der Waals surface area contributed by atoms with Crippen molar-refractivity contribution >= 4 is 11.5 Å². The Balaban J connectivity index is 2.29. The summed E-state index contributed by atoms with van der Waals surface area (Å²) in [5.41, 5.74) is 6.97. The van der Waals surface area contributed by atoms with Crippen LogP contribution in [0.2, 0.25) is 0 Å². The number of methoxy groups -OCH3 is 1. The number of benzene rings is 1. The molecular weight excluding hydrogens is 232 g/mol. The van der Waals surface area contributed by atoms with Crippen molar-refractivity contribution in [2.45, 2.75) is 0 Å². The van der Waals surface area contributed by atoms with E-state index >= 15 is 0 Å². The molecule has 0 aliphatic carbocycles. The number of ether oxygens (including phenoxy) is 2. The minimum absolute atomic E-state index is 0.0110. The molecule has 0 spiro atoms. The average Bonchev–Trinajstić information content (AvgIpc) is 2.46. The molecule has 0 atom stereocenters. The van der Waals surface area contributed by atoms with Gasteiger partial charge in [0.05, 0.1) is 32.4 Å². The quantitative estimate of drug-likeness (QED) is 0.796. The van der Waals surface area contributed by atoms with Gasteiger partial charge in [0.2, 0.25) is 0 Å². The van der Waals surface area contributed by atoms with Gasteiger partial charge < -0.3 is 20.1 Å². The molecule has 0 amide bonds. The van der Waals surface area contributed by atoms with Crippen LogP contribution in [-0.2, 0) is 4.74 Å². The van der Waals surface area contributed by atoms with Crippen LogP contribution >= 0.6 is 0 Å². The fraction of sp³-hybridized carbons (Fsp3) is 0.462. The number of nitrogens with zero attached hydrogens (tertiary/aromatic N) is 1. The molecule has 5 nitrogen and oxygen atoms in total. The molecule has 98 valence electrons. The summed E-state index contributed by atoms with van der Waals surface area (Å²) in [7, 11) is 1.55. The molecule has 1 aromatic carbocycles. The summed E-state index contributed by atoms with van der Waals surface area (Å²) in [5.74, 6) is 0.462. The first-order chi connectivity index (χ1) is 8.76. The molecule has 5 heteroatoms. The van der Waals surface area contributed by atoms with Gasteiger partial charge in [0.15, 0.2) is 5.78 Å². The summed E-state index contributed by atoms with van der Waals surface area (Å²) in [4.78, 5) is 14.0. The molecule has 0 radical (unpaired) electrons. The second-order valence-corrected chi connectivity index (χ2v) is 4.11. The van der Waals surface area contributed by atoms with Crippen LogP contribution in [0.15, 0.2) is 18.2 Å². The molecule has 2 N–H and O–H groups in total. The van der Waals surface area contributed by atoms with Gasteiger partial charge in [-0.2, -0.15) is 0 Å². The third kappa shape index (κ3) is 2.63. The lowest BCUT2D eigenvalue weighted by Gasteiger charge is -2.29. The van der Waals surface area contributed by atoms with E-state index in [2.05, 4.69) is 4.90 Å². The first kappa shape index (κ1) is 12.9. The minimum atomic E-state index is -0.109. The van der Waals surface area contributed by atoms with E-state index in [4.69, 9.17) is 15.2 Å². The number of morpholine rings is 1. The highest BCUT2D eigenvalue weighted by Crippen LogP contribution is 2.25. The number of carbonyl (C=O) groups is 1. The van der Waals surface area contributed by atoms with Gasteiger partial charge in [0.1, 0.15) is 5.75 Å². The van der Waals surface area contributed by atoms with Crippen molar-refractivity contribution in [1.82, 2.24) is 0 Å². The van der Waals surface area contributed by atoms with Crippen molar-refractivity contribution < 1.29 is 14.3 Å². The molecule has 1 aliphatic rings. The topological polar surface area (TPSA) is 64.8 Å². The van der Waals surface area contributed by atoms with Crippen LogP contribution in [-0.4, -0.2) is 45.7 Å². The summed E-state index contributed by atoms with van der Waals surface area (Å²) in [5, 5.41) is 0. The standard InChI is InChI=1S/C13H18N2O3/c1-17-13-3-2-10(8-11(13)12(16)9-14)15-4-6-18-7-5-15/h2-3,8H,4-7,9,14H2,1H3. The number of anilines is 1. The van der Waals surface area contributed by atoms with Crippen LogP contribution in [0.25, 0.3) is 0 Å². The van der Waals surface area contributed by atoms with E-state index in [1.807, 2.05) is 18.2 Å². The van der Waals surface area contributed by atoms with Crippen LogP contribution in [0.5, 0.6) is 5.75 Å². The Bertz CT molecular complexity index is 428. The van der Waals surface area contributed by atoms with Crippen LogP contribution in [0.1, 0.15) is 10.4 Å². The monoisotopic (exact) mass is 250 g/mol. The SMILES string of the molecule is COc1ccc(N2CCOCC2)cc1C(=O)CN. The molecule has 0 unspecified atom stereocenters. The number of hydrogen-bond donors (Lipinski definition) is 1. The molecule has 1 heterocycles. The lowest BCUT2D eigenvalue weighted by atomic mass is 10.1. The van der Waals surface area contributed by atoms with E-state index in [9.17, 15) is 4.79 Å². The normalized spacial score (nSPS) is 15.6. The lowest BCUT2D eigenvalue weighted by Crippen LogP contribution is -2.36. The first-order valence-electron chi connectivity index (χ1n) is 6.00. The fourth-order valence-electron chi connectivity index (χ4n) is 2.04. The maximum Gasteiger partial charge on any atom is 0.180 e. The Labute approximate surface area is 106 Å². The van der Waals surface area contributed by atoms with E-state index in [0.717, 1.165) is 18.8 Å². The summed E-state index contributed by atoms with van der Waals surface area (Å²) < 4.78 is 10.5. The van der Waals surface area contributed by atoms with E-state index in [1.165, 1.54) is 0 Å². The molecule has 1 saturated heterocycles. The molecule has 2 rings (SSSR count). The molecule has 1 fully saturated rings. The maximum absolute atomic E-state index is 11.8. The highest BCUT2D eigenvalue weighted by Gasteiger charge is 2.16.